The third kappa shape index (κ3) is 1.85. The van der Waals surface area contributed by atoms with E-state index >= 15 is 0 Å². The fraction of sp³-hybridized carbons (Fsp3) is 0.182. The molecular weight excluding hydrogens is 192 g/mol. The van der Waals surface area contributed by atoms with Gasteiger partial charge in [0.1, 0.15) is 11.8 Å². The summed E-state index contributed by atoms with van der Waals surface area (Å²) < 4.78 is 5.27. The molecule has 0 atom stereocenters. The number of furan rings is 1. The van der Waals surface area contributed by atoms with Crippen molar-refractivity contribution in [3.8, 4) is 0 Å². The number of rotatable bonds is 2. The standard InChI is InChI=1S/C11H12N2O2/c1-13(2)12-11(14)9-7-15-10-6-4-3-5-8(9)10/h3-7H,1-2H3,(H,12,14). The molecule has 0 spiro atoms. The van der Waals surface area contributed by atoms with Gasteiger partial charge in [-0.3, -0.25) is 10.2 Å². The van der Waals surface area contributed by atoms with Crippen molar-refractivity contribution in [3.05, 3.63) is 36.1 Å². The predicted octanol–water partition coefficient (Wildman–Crippen LogP) is 1.64. The summed E-state index contributed by atoms with van der Waals surface area (Å²) >= 11 is 0. The van der Waals surface area contributed by atoms with E-state index < -0.39 is 0 Å². The van der Waals surface area contributed by atoms with Gasteiger partial charge in [0.2, 0.25) is 0 Å². The Morgan fingerprint density at radius 1 is 1.33 bits per heavy atom. The van der Waals surface area contributed by atoms with Gasteiger partial charge in [0, 0.05) is 19.5 Å². The van der Waals surface area contributed by atoms with Gasteiger partial charge in [-0.2, -0.15) is 0 Å². The molecule has 2 rings (SSSR count). The van der Waals surface area contributed by atoms with E-state index in [2.05, 4.69) is 5.43 Å². The lowest BCUT2D eigenvalue weighted by molar-refractivity contribution is 0.0858. The van der Waals surface area contributed by atoms with Crippen molar-refractivity contribution in [2.45, 2.75) is 0 Å². The first-order valence-electron chi connectivity index (χ1n) is 4.63. The number of hydrogen-bond donors (Lipinski definition) is 1. The first-order valence-corrected chi connectivity index (χ1v) is 4.63. The Morgan fingerprint density at radius 3 is 2.80 bits per heavy atom. The number of hydrazine groups is 1. The highest BCUT2D eigenvalue weighted by Crippen LogP contribution is 2.20. The molecule has 2 aromatic rings. The molecule has 0 fully saturated rings. The highest BCUT2D eigenvalue weighted by atomic mass is 16.3. The Bertz CT molecular complexity index is 488. The third-order valence-electron chi connectivity index (χ3n) is 2.05. The number of amides is 1. The van der Waals surface area contributed by atoms with Crippen molar-refractivity contribution >= 4 is 16.9 Å². The molecule has 1 N–H and O–H groups in total. The number of nitrogens with zero attached hydrogens (tertiary/aromatic N) is 1. The molecule has 78 valence electrons. The Kier molecular flexibility index (Phi) is 2.43. The average Bonchev–Trinajstić information content (AvgIpc) is 2.59. The summed E-state index contributed by atoms with van der Waals surface area (Å²) in [4.78, 5) is 11.7. The van der Waals surface area contributed by atoms with Crippen LogP contribution in [0.1, 0.15) is 10.4 Å². The van der Waals surface area contributed by atoms with Crippen LogP contribution in [-0.2, 0) is 0 Å². The van der Waals surface area contributed by atoms with Crippen molar-refractivity contribution < 1.29 is 9.21 Å². The van der Waals surface area contributed by atoms with Crippen molar-refractivity contribution in [3.63, 3.8) is 0 Å². The minimum atomic E-state index is -0.162. The molecule has 0 aliphatic heterocycles. The monoisotopic (exact) mass is 204 g/mol. The Hall–Kier alpha value is -1.81. The van der Waals surface area contributed by atoms with Crippen LogP contribution in [0.5, 0.6) is 0 Å². The van der Waals surface area contributed by atoms with Crippen LogP contribution in [0.2, 0.25) is 0 Å². The highest BCUT2D eigenvalue weighted by Gasteiger charge is 2.13. The van der Waals surface area contributed by atoms with Crippen LogP contribution in [0.25, 0.3) is 11.0 Å². The summed E-state index contributed by atoms with van der Waals surface area (Å²) in [6.45, 7) is 0. The molecule has 0 saturated heterocycles. The van der Waals surface area contributed by atoms with E-state index in [1.807, 2.05) is 24.3 Å². The summed E-state index contributed by atoms with van der Waals surface area (Å²) in [5, 5.41) is 2.43. The zero-order chi connectivity index (χ0) is 10.8. The zero-order valence-electron chi connectivity index (χ0n) is 8.65. The first kappa shape index (κ1) is 9.73. The molecule has 0 unspecified atom stereocenters. The van der Waals surface area contributed by atoms with Gasteiger partial charge in [-0.25, -0.2) is 5.01 Å². The van der Waals surface area contributed by atoms with Crippen LogP contribution in [0.15, 0.2) is 34.9 Å². The van der Waals surface area contributed by atoms with Gasteiger partial charge in [0.25, 0.3) is 5.91 Å². The van der Waals surface area contributed by atoms with Gasteiger partial charge in [-0.15, -0.1) is 0 Å². The molecule has 1 aromatic heterocycles. The van der Waals surface area contributed by atoms with E-state index in [0.29, 0.717) is 5.56 Å². The Balaban J connectivity index is 2.40. The SMILES string of the molecule is CN(C)NC(=O)c1coc2ccccc12. The van der Waals surface area contributed by atoms with Gasteiger partial charge >= 0.3 is 0 Å². The maximum atomic E-state index is 11.7. The van der Waals surface area contributed by atoms with Crippen LogP contribution in [-0.4, -0.2) is 25.0 Å². The molecule has 15 heavy (non-hydrogen) atoms. The minimum Gasteiger partial charge on any atom is -0.463 e. The van der Waals surface area contributed by atoms with Crippen molar-refractivity contribution in [2.75, 3.05) is 14.1 Å². The maximum absolute atomic E-state index is 11.7. The maximum Gasteiger partial charge on any atom is 0.269 e. The molecule has 0 aliphatic rings. The molecule has 0 aliphatic carbocycles. The number of fused-ring (bicyclic) bond motifs is 1. The van der Waals surface area contributed by atoms with Gasteiger partial charge < -0.3 is 4.42 Å². The lowest BCUT2D eigenvalue weighted by Crippen LogP contribution is -2.35. The second-order valence-electron chi connectivity index (χ2n) is 3.48. The van der Waals surface area contributed by atoms with Gasteiger partial charge in [-0.1, -0.05) is 18.2 Å². The molecule has 1 amide bonds. The largest absolute Gasteiger partial charge is 0.463 e. The normalized spacial score (nSPS) is 10.9. The molecule has 0 radical (unpaired) electrons. The number of nitrogens with one attached hydrogen (secondary N) is 1. The summed E-state index contributed by atoms with van der Waals surface area (Å²) in [6, 6.07) is 7.45. The van der Waals surface area contributed by atoms with Crippen LogP contribution >= 0.6 is 0 Å². The van der Waals surface area contributed by atoms with Gasteiger partial charge in [0.05, 0.1) is 5.56 Å². The van der Waals surface area contributed by atoms with E-state index in [0.717, 1.165) is 11.0 Å². The lowest BCUT2D eigenvalue weighted by atomic mass is 10.2. The van der Waals surface area contributed by atoms with Crippen molar-refractivity contribution in [2.24, 2.45) is 0 Å². The number of para-hydroxylation sites is 1. The third-order valence-corrected chi connectivity index (χ3v) is 2.05. The zero-order valence-corrected chi connectivity index (χ0v) is 8.65. The number of hydrogen-bond acceptors (Lipinski definition) is 3. The molecule has 1 aromatic carbocycles. The van der Waals surface area contributed by atoms with E-state index in [1.54, 1.807) is 19.1 Å². The fourth-order valence-corrected chi connectivity index (χ4v) is 1.42. The summed E-state index contributed by atoms with van der Waals surface area (Å²) in [7, 11) is 3.53. The van der Waals surface area contributed by atoms with Gasteiger partial charge in [0.15, 0.2) is 0 Å². The summed E-state index contributed by atoms with van der Waals surface area (Å²) in [6.07, 6.45) is 1.48. The Labute approximate surface area is 87.4 Å². The summed E-state index contributed by atoms with van der Waals surface area (Å²) in [5.74, 6) is -0.162. The van der Waals surface area contributed by atoms with Crippen LogP contribution in [0.3, 0.4) is 0 Å². The van der Waals surface area contributed by atoms with Crippen molar-refractivity contribution in [1.29, 1.82) is 0 Å². The lowest BCUT2D eigenvalue weighted by Gasteiger charge is -2.10. The average molecular weight is 204 g/mol. The minimum absolute atomic E-state index is 0.162. The topological polar surface area (TPSA) is 45.5 Å². The fourth-order valence-electron chi connectivity index (χ4n) is 1.42. The van der Waals surface area contributed by atoms with Crippen molar-refractivity contribution in [1.82, 2.24) is 10.4 Å². The number of carbonyl (C=O) groups excluding carboxylic acids is 1. The molecule has 1 heterocycles. The quantitative estimate of drug-likeness (QED) is 0.756. The van der Waals surface area contributed by atoms with E-state index in [1.165, 1.54) is 6.26 Å². The molecular formula is C11H12N2O2. The van der Waals surface area contributed by atoms with Gasteiger partial charge in [-0.05, 0) is 6.07 Å². The summed E-state index contributed by atoms with van der Waals surface area (Å²) in [5.41, 5.74) is 3.95. The molecule has 4 nitrogen and oxygen atoms in total. The molecule has 0 saturated carbocycles. The van der Waals surface area contributed by atoms with E-state index in [4.69, 9.17) is 4.42 Å². The van der Waals surface area contributed by atoms with Crippen LogP contribution in [0.4, 0.5) is 0 Å². The Morgan fingerprint density at radius 2 is 2.07 bits per heavy atom. The number of carbonyl (C=O) groups is 1. The predicted molar refractivity (Wildman–Crippen MR) is 57.4 cm³/mol. The second kappa shape index (κ2) is 3.74. The van der Waals surface area contributed by atoms with E-state index in [9.17, 15) is 4.79 Å². The second-order valence-corrected chi connectivity index (χ2v) is 3.48. The van der Waals surface area contributed by atoms with Crippen LogP contribution < -0.4 is 5.43 Å². The highest BCUT2D eigenvalue weighted by molar-refractivity contribution is 6.05. The first-order chi connectivity index (χ1) is 7.18. The van der Waals surface area contributed by atoms with Crippen LogP contribution in [0, 0.1) is 0 Å². The van der Waals surface area contributed by atoms with E-state index in [-0.39, 0.29) is 5.91 Å². The molecule has 0 bridgehead atoms. The molecule has 4 heteroatoms. The number of benzene rings is 1. The smallest absolute Gasteiger partial charge is 0.269 e.